The molecule has 1 aromatic carbocycles. The van der Waals surface area contributed by atoms with E-state index >= 15 is 0 Å². The monoisotopic (exact) mass is 393 g/mol. The molecule has 0 bridgehead atoms. The third-order valence-electron chi connectivity index (χ3n) is 3.76. The molecule has 1 unspecified atom stereocenters. The van der Waals surface area contributed by atoms with E-state index in [4.69, 9.17) is 10.5 Å². The number of nitrogens with two attached hydrogens (primary N) is 1. The van der Waals surface area contributed by atoms with Gasteiger partial charge in [0.25, 0.3) is 0 Å². The number of rotatable bonds is 6. The minimum atomic E-state index is -2.73. The molecule has 142 valence electrons. The average Bonchev–Trinajstić information content (AvgIpc) is 3.02. The van der Waals surface area contributed by atoms with Gasteiger partial charge in [-0.2, -0.15) is 8.78 Å². The maximum atomic E-state index is 13.6. The van der Waals surface area contributed by atoms with Crippen molar-refractivity contribution >= 4 is 34.6 Å². The third-order valence-corrected chi connectivity index (χ3v) is 4.73. The first-order chi connectivity index (χ1) is 12.9. The highest BCUT2D eigenvalue weighted by Crippen LogP contribution is 2.36. The number of benzene rings is 1. The lowest BCUT2D eigenvalue weighted by Crippen LogP contribution is -2.11. The summed E-state index contributed by atoms with van der Waals surface area (Å²) in [5, 5.41) is -0.222. The summed E-state index contributed by atoms with van der Waals surface area (Å²) in [6.45, 7) is 0.877. The topological polar surface area (TPSA) is 95.9 Å². The molecule has 0 saturated carbocycles. The van der Waals surface area contributed by atoms with E-state index in [-0.39, 0.29) is 29.0 Å². The van der Waals surface area contributed by atoms with Gasteiger partial charge in [-0.15, -0.1) is 0 Å². The summed E-state index contributed by atoms with van der Waals surface area (Å²) >= 11 is 1.12. The van der Waals surface area contributed by atoms with Crippen LogP contribution in [0.1, 0.15) is 41.8 Å². The van der Waals surface area contributed by atoms with Crippen LogP contribution in [-0.4, -0.2) is 32.1 Å². The van der Waals surface area contributed by atoms with Crippen molar-refractivity contribution in [2.75, 3.05) is 12.3 Å². The lowest BCUT2D eigenvalue weighted by molar-refractivity contribution is 0.0526. The molecule has 0 amide bonds. The quantitative estimate of drug-likeness (QED) is 0.386. The molecule has 2 aromatic heterocycles. The van der Waals surface area contributed by atoms with Crippen LogP contribution in [0.5, 0.6) is 0 Å². The van der Waals surface area contributed by atoms with Crippen molar-refractivity contribution in [2.24, 2.45) is 0 Å². The van der Waals surface area contributed by atoms with Crippen LogP contribution in [0.3, 0.4) is 0 Å². The van der Waals surface area contributed by atoms with E-state index in [0.29, 0.717) is 11.0 Å². The zero-order chi connectivity index (χ0) is 19.6. The number of alkyl halides is 2. The van der Waals surface area contributed by atoms with E-state index < -0.39 is 17.8 Å². The molecule has 3 aromatic rings. The van der Waals surface area contributed by atoms with E-state index in [2.05, 4.69) is 15.0 Å². The minimum absolute atomic E-state index is 0.0273. The number of imidazole rings is 1. The summed E-state index contributed by atoms with van der Waals surface area (Å²) < 4.78 is 32.9. The highest BCUT2D eigenvalue weighted by atomic mass is 32.2. The number of nitrogen functional groups attached to an aromatic ring is 1. The first-order valence-electron chi connectivity index (χ1n) is 8.13. The van der Waals surface area contributed by atoms with Crippen LogP contribution in [0.25, 0.3) is 11.0 Å². The summed E-state index contributed by atoms with van der Waals surface area (Å²) in [6, 6.07) is 6.70. The molecule has 0 radical (unpaired) electrons. The number of ether oxygens (including phenoxy) is 1. The van der Waals surface area contributed by atoms with Gasteiger partial charge in [-0.05, 0) is 26.0 Å². The summed E-state index contributed by atoms with van der Waals surface area (Å²) in [7, 11) is 0. The molecule has 0 saturated heterocycles. The van der Waals surface area contributed by atoms with Crippen LogP contribution < -0.4 is 5.73 Å². The third kappa shape index (κ3) is 3.85. The van der Waals surface area contributed by atoms with Crippen molar-refractivity contribution in [2.45, 2.75) is 30.8 Å². The zero-order valence-electron chi connectivity index (χ0n) is 14.6. The van der Waals surface area contributed by atoms with Crippen molar-refractivity contribution in [1.29, 1.82) is 0 Å². The Bertz CT molecular complexity index is 979. The Hall–Kier alpha value is -2.75. The molecule has 1 atom stereocenters. The van der Waals surface area contributed by atoms with Crippen molar-refractivity contribution in [3.63, 3.8) is 0 Å². The molecule has 2 heterocycles. The summed E-state index contributed by atoms with van der Waals surface area (Å²) in [5.74, 6) is -0.438. The maximum Gasteiger partial charge on any atom is 0.343 e. The minimum Gasteiger partial charge on any atom is -0.462 e. The first-order valence-corrected chi connectivity index (χ1v) is 9.01. The van der Waals surface area contributed by atoms with Crippen molar-refractivity contribution in [1.82, 2.24) is 19.5 Å². The number of thioether (sulfide) groups is 1. The van der Waals surface area contributed by atoms with Crippen molar-refractivity contribution in [3.8, 4) is 0 Å². The van der Waals surface area contributed by atoms with Gasteiger partial charge in [-0.1, -0.05) is 23.9 Å². The Morgan fingerprint density at radius 2 is 2.07 bits per heavy atom. The molecule has 2 N–H and O–H groups in total. The second kappa shape index (κ2) is 7.87. The van der Waals surface area contributed by atoms with E-state index in [1.807, 2.05) is 0 Å². The highest BCUT2D eigenvalue weighted by molar-refractivity contribution is 7.99. The van der Waals surface area contributed by atoms with Crippen LogP contribution >= 0.6 is 11.8 Å². The number of esters is 1. The molecule has 0 fully saturated rings. The van der Waals surface area contributed by atoms with Crippen molar-refractivity contribution < 1.29 is 18.3 Å². The Balaban J connectivity index is 1.89. The van der Waals surface area contributed by atoms with Crippen molar-refractivity contribution in [3.05, 3.63) is 41.9 Å². The van der Waals surface area contributed by atoms with Gasteiger partial charge < -0.3 is 10.5 Å². The van der Waals surface area contributed by atoms with Gasteiger partial charge in [0.1, 0.15) is 17.2 Å². The van der Waals surface area contributed by atoms with E-state index in [9.17, 15) is 13.6 Å². The summed E-state index contributed by atoms with van der Waals surface area (Å²) in [6.07, 6.45) is 1.27. The molecule has 7 nitrogen and oxygen atoms in total. The van der Waals surface area contributed by atoms with Crippen LogP contribution in [-0.2, 0) is 4.74 Å². The number of anilines is 1. The smallest absolute Gasteiger partial charge is 0.343 e. The molecule has 27 heavy (non-hydrogen) atoms. The molecule has 0 aliphatic rings. The van der Waals surface area contributed by atoms with E-state index in [1.54, 1.807) is 38.1 Å². The summed E-state index contributed by atoms with van der Waals surface area (Å²) in [4.78, 5) is 24.2. The second-order valence-corrected chi connectivity index (χ2v) is 6.85. The molecule has 0 aliphatic heterocycles. The maximum absolute atomic E-state index is 13.6. The fraction of sp³-hybridized carbons (Fsp3) is 0.294. The number of para-hydroxylation sites is 2. The fourth-order valence-corrected chi connectivity index (χ4v) is 3.42. The van der Waals surface area contributed by atoms with Gasteiger partial charge >= 0.3 is 12.5 Å². The molecular weight excluding hydrogens is 376 g/mol. The zero-order valence-corrected chi connectivity index (χ0v) is 15.4. The van der Waals surface area contributed by atoms with Gasteiger partial charge in [0.05, 0.1) is 22.9 Å². The van der Waals surface area contributed by atoms with Crippen LogP contribution in [0.15, 0.2) is 35.6 Å². The number of nitrogens with zero attached hydrogens (tertiary/aromatic N) is 4. The SMILES string of the molecule is CCOC(=O)c1cnc(SC(C)c2nc3ccccc3n2C(F)F)nc1N. The fourth-order valence-electron chi connectivity index (χ4n) is 2.57. The lowest BCUT2D eigenvalue weighted by Gasteiger charge is -2.13. The standard InChI is InChI=1S/C17H17F2N5O2S/c1-3-26-15(25)10-8-21-17(23-13(10)20)27-9(2)14-22-11-6-4-5-7-12(11)24(14)16(18)19/h4-9,16H,3H2,1-2H3,(H2,20,21,23). The number of carbonyl (C=O) groups excluding carboxylic acids is 1. The molecule has 0 aliphatic carbocycles. The average molecular weight is 393 g/mol. The lowest BCUT2D eigenvalue weighted by atomic mass is 10.3. The predicted octanol–water partition coefficient (Wildman–Crippen LogP) is 3.83. The Labute approximate surface area is 158 Å². The number of hydrogen-bond donors (Lipinski definition) is 1. The molecule has 0 spiro atoms. The first kappa shape index (κ1) is 19.0. The van der Waals surface area contributed by atoms with Gasteiger partial charge in [0.15, 0.2) is 5.16 Å². The Kier molecular flexibility index (Phi) is 5.54. The largest absolute Gasteiger partial charge is 0.462 e. The highest BCUT2D eigenvalue weighted by Gasteiger charge is 2.23. The molecular formula is C17H17F2N5O2S. The number of hydrogen-bond acceptors (Lipinski definition) is 7. The van der Waals surface area contributed by atoms with Crippen LogP contribution in [0.4, 0.5) is 14.6 Å². The number of carbonyl (C=O) groups is 1. The van der Waals surface area contributed by atoms with Gasteiger partial charge in [0.2, 0.25) is 0 Å². The van der Waals surface area contributed by atoms with Gasteiger partial charge in [-0.25, -0.2) is 19.7 Å². The second-order valence-electron chi connectivity index (χ2n) is 5.54. The predicted molar refractivity (Wildman–Crippen MR) is 97.7 cm³/mol. The Morgan fingerprint density at radius 3 is 2.74 bits per heavy atom. The van der Waals surface area contributed by atoms with Crippen LogP contribution in [0.2, 0.25) is 0 Å². The normalized spacial score (nSPS) is 12.5. The van der Waals surface area contributed by atoms with Gasteiger partial charge in [-0.3, -0.25) is 4.57 Å². The molecule has 3 rings (SSSR count). The van der Waals surface area contributed by atoms with Crippen LogP contribution in [0, 0.1) is 0 Å². The van der Waals surface area contributed by atoms with E-state index in [0.717, 1.165) is 16.3 Å². The number of fused-ring (bicyclic) bond motifs is 1. The Morgan fingerprint density at radius 1 is 1.33 bits per heavy atom. The number of halogens is 2. The van der Waals surface area contributed by atoms with Gasteiger partial charge in [0, 0.05) is 6.20 Å². The molecule has 10 heteroatoms. The summed E-state index contributed by atoms with van der Waals surface area (Å²) in [5.41, 5.74) is 6.70. The number of aromatic nitrogens is 4. The van der Waals surface area contributed by atoms with E-state index in [1.165, 1.54) is 6.20 Å².